The first-order valence-electron chi connectivity index (χ1n) is 8.30. The lowest BCUT2D eigenvalue weighted by atomic mass is 10.0. The van der Waals surface area contributed by atoms with Gasteiger partial charge in [-0.2, -0.15) is 0 Å². The summed E-state index contributed by atoms with van der Waals surface area (Å²) < 4.78 is 10.9. The number of carbonyl (C=O) groups is 1. The zero-order chi connectivity index (χ0) is 17.7. The fourth-order valence-corrected chi connectivity index (χ4v) is 2.49. The number of hydrogen-bond donors (Lipinski definition) is 1. The largest absolute Gasteiger partial charge is 0.458 e. The highest BCUT2D eigenvalue weighted by Gasteiger charge is 2.47. The molecule has 0 spiro atoms. The minimum absolute atomic E-state index is 0.0763. The monoisotopic (exact) mass is 336 g/mol. The molecule has 132 valence electrons. The summed E-state index contributed by atoms with van der Waals surface area (Å²) in [5.74, 6) is 0.0471. The van der Waals surface area contributed by atoms with Gasteiger partial charge in [-0.1, -0.05) is 13.8 Å². The van der Waals surface area contributed by atoms with Crippen LogP contribution in [0.1, 0.15) is 46.5 Å². The number of carbonyl (C=O) groups excluding carboxylic acids is 1. The van der Waals surface area contributed by atoms with E-state index >= 15 is 0 Å². The third-order valence-electron chi connectivity index (χ3n) is 4.28. The summed E-state index contributed by atoms with van der Waals surface area (Å²) >= 11 is 0. The lowest BCUT2D eigenvalue weighted by Gasteiger charge is -2.16. The van der Waals surface area contributed by atoms with Crippen LogP contribution in [0.2, 0.25) is 0 Å². The molecule has 0 radical (unpaired) electrons. The predicted octanol–water partition coefficient (Wildman–Crippen LogP) is 3.87. The molecule has 7 heteroatoms. The average Bonchev–Trinajstić information content (AvgIpc) is 3.35. The summed E-state index contributed by atoms with van der Waals surface area (Å²) in [5, 5.41) is 14.1. The molecule has 2 rings (SSSR count). The Morgan fingerprint density at radius 1 is 1.42 bits per heavy atom. The molecule has 1 unspecified atom stereocenters. The van der Waals surface area contributed by atoms with Crippen LogP contribution in [0.5, 0.6) is 5.75 Å². The standard InChI is InChI=1S/C17H24N2O5/c1-4-10-23-12(3)24-15-7-6-13(11-14(15)19(21)22)18-16(20)17(5-2)8-9-17/h6-7,11-12H,4-5,8-10H2,1-3H3,(H,18,20). The summed E-state index contributed by atoms with van der Waals surface area (Å²) in [6.45, 7) is 6.15. The normalized spacial score (nSPS) is 16.3. The van der Waals surface area contributed by atoms with Gasteiger partial charge in [-0.15, -0.1) is 0 Å². The lowest BCUT2D eigenvalue weighted by molar-refractivity contribution is -0.386. The van der Waals surface area contributed by atoms with Crippen molar-refractivity contribution >= 4 is 17.3 Å². The summed E-state index contributed by atoms with van der Waals surface area (Å²) in [6.07, 6.45) is 2.75. The number of nitrogens with one attached hydrogen (secondary N) is 1. The fraction of sp³-hybridized carbons (Fsp3) is 0.588. The van der Waals surface area contributed by atoms with Crippen molar-refractivity contribution in [3.8, 4) is 5.75 Å². The number of hydrogen-bond acceptors (Lipinski definition) is 5. The molecule has 1 atom stereocenters. The van der Waals surface area contributed by atoms with E-state index in [4.69, 9.17) is 9.47 Å². The van der Waals surface area contributed by atoms with E-state index < -0.39 is 11.2 Å². The van der Waals surface area contributed by atoms with E-state index in [1.807, 2.05) is 13.8 Å². The molecule has 0 aromatic heterocycles. The van der Waals surface area contributed by atoms with Crippen molar-refractivity contribution in [3.05, 3.63) is 28.3 Å². The predicted molar refractivity (Wildman–Crippen MR) is 90.0 cm³/mol. The Labute approximate surface area is 141 Å². The number of nitro groups is 1. The summed E-state index contributed by atoms with van der Waals surface area (Å²) in [5.41, 5.74) is -0.0890. The topological polar surface area (TPSA) is 90.7 Å². The molecule has 0 aliphatic heterocycles. The second-order valence-corrected chi connectivity index (χ2v) is 6.08. The third kappa shape index (κ3) is 4.23. The third-order valence-corrected chi connectivity index (χ3v) is 4.28. The number of amides is 1. The SMILES string of the molecule is CCCOC(C)Oc1ccc(NC(=O)C2(CC)CC2)cc1[N+](=O)[O-]. The van der Waals surface area contributed by atoms with E-state index in [0.29, 0.717) is 12.3 Å². The quantitative estimate of drug-likeness (QED) is 0.420. The van der Waals surface area contributed by atoms with Crippen molar-refractivity contribution < 1.29 is 19.2 Å². The molecule has 7 nitrogen and oxygen atoms in total. The lowest BCUT2D eigenvalue weighted by Crippen LogP contribution is -2.23. The van der Waals surface area contributed by atoms with Gasteiger partial charge in [0.15, 0.2) is 12.0 Å². The zero-order valence-corrected chi connectivity index (χ0v) is 14.3. The van der Waals surface area contributed by atoms with Crippen molar-refractivity contribution in [3.63, 3.8) is 0 Å². The molecule has 1 saturated carbocycles. The van der Waals surface area contributed by atoms with Gasteiger partial charge in [0.25, 0.3) is 0 Å². The molecule has 0 heterocycles. The Morgan fingerprint density at radius 2 is 2.12 bits per heavy atom. The number of anilines is 1. The minimum Gasteiger partial charge on any atom is -0.458 e. The molecule has 1 fully saturated rings. The highest BCUT2D eigenvalue weighted by Crippen LogP contribution is 2.49. The first-order chi connectivity index (χ1) is 11.4. The van der Waals surface area contributed by atoms with Crippen LogP contribution in [0.15, 0.2) is 18.2 Å². The minimum atomic E-state index is -0.584. The second-order valence-electron chi connectivity index (χ2n) is 6.08. The smallest absolute Gasteiger partial charge is 0.313 e. The summed E-state index contributed by atoms with van der Waals surface area (Å²) in [4.78, 5) is 23.0. The van der Waals surface area contributed by atoms with E-state index in [0.717, 1.165) is 25.7 Å². The molecule has 1 amide bonds. The molecular weight excluding hydrogens is 312 g/mol. The van der Waals surface area contributed by atoms with E-state index in [2.05, 4.69) is 5.32 Å². The Hall–Kier alpha value is -2.15. The van der Waals surface area contributed by atoms with Gasteiger partial charge in [0.05, 0.1) is 11.5 Å². The van der Waals surface area contributed by atoms with Crippen molar-refractivity contribution in [1.29, 1.82) is 0 Å². The molecule has 1 N–H and O–H groups in total. The van der Waals surface area contributed by atoms with Gasteiger partial charge in [-0.25, -0.2) is 0 Å². The number of nitro benzene ring substituents is 1. The van der Waals surface area contributed by atoms with Crippen LogP contribution in [0, 0.1) is 15.5 Å². The average molecular weight is 336 g/mol. The molecular formula is C17H24N2O5. The fourth-order valence-electron chi connectivity index (χ4n) is 2.49. The van der Waals surface area contributed by atoms with Gasteiger partial charge in [0.2, 0.25) is 5.91 Å². The molecule has 24 heavy (non-hydrogen) atoms. The number of rotatable bonds is 9. The van der Waals surface area contributed by atoms with Gasteiger partial charge in [0, 0.05) is 17.2 Å². The Morgan fingerprint density at radius 3 is 2.67 bits per heavy atom. The van der Waals surface area contributed by atoms with Gasteiger partial charge in [-0.3, -0.25) is 14.9 Å². The van der Waals surface area contributed by atoms with Gasteiger partial charge in [-0.05, 0) is 44.7 Å². The van der Waals surface area contributed by atoms with E-state index in [1.54, 1.807) is 13.0 Å². The van der Waals surface area contributed by atoms with Crippen LogP contribution in [-0.2, 0) is 9.53 Å². The van der Waals surface area contributed by atoms with Crippen LogP contribution < -0.4 is 10.1 Å². The maximum Gasteiger partial charge on any atom is 0.313 e. The number of ether oxygens (including phenoxy) is 2. The maximum absolute atomic E-state index is 12.3. The molecule has 1 aromatic rings. The number of nitrogens with zero attached hydrogens (tertiary/aromatic N) is 1. The van der Waals surface area contributed by atoms with E-state index in [-0.39, 0.29) is 22.8 Å². The highest BCUT2D eigenvalue weighted by atomic mass is 16.7. The van der Waals surface area contributed by atoms with Crippen molar-refractivity contribution in [1.82, 2.24) is 0 Å². The van der Waals surface area contributed by atoms with Crippen molar-refractivity contribution in [2.45, 2.75) is 52.7 Å². The van der Waals surface area contributed by atoms with Gasteiger partial charge >= 0.3 is 5.69 Å². The van der Waals surface area contributed by atoms with Crippen molar-refractivity contribution in [2.75, 3.05) is 11.9 Å². The summed E-state index contributed by atoms with van der Waals surface area (Å²) in [6, 6.07) is 4.43. The Bertz CT molecular complexity index is 613. The molecule has 0 bridgehead atoms. The zero-order valence-electron chi connectivity index (χ0n) is 14.3. The van der Waals surface area contributed by atoms with Crippen molar-refractivity contribution in [2.24, 2.45) is 5.41 Å². The van der Waals surface area contributed by atoms with Crippen LogP contribution in [0.3, 0.4) is 0 Å². The van der Waals surface area contributed by atoms with Gasteiger partial charge < -0.3 is 14.8 Å². The Kier molecular flexibility index (Phi) is 5.77. The first kappa shape index (κ1) is 18.2. The van der Waals surface area contributed by atoms with Crippen LogP contribution in [0.25, 0.3) is 0 Å². The maximum atomic E-state index is 12.3. The summed E-state index contributed by atoms with van der Waals surface area (Å²) in [7, 11) is 0. The molecule has 0 saturated heterocycles. The van der Waals surface area contributed by atoms with Crippen LogP contribution in [-0.4, -0.2) is 23.7 Å². The highest BCUT2D eigenvalue weighted by molar-refractivity contribution is 5.97. The van der Waals surface area contributed by atoms with E-state index in [1.165, 1.54) is 12.1 Å². The van der Waals surface area contributed by atoms with Gasteiger partial charge in [0.1, 0.15) is 0 Å². The van der Waals surface area contributed by atoms with Crippen LogP contribution >= 0.6 is 0 Å². The van der Waals surface area contributed by atoms with E-state index in [9.17, 15) is 14.9 Å². The second kappa shape index (κ2) is 7.61. The first-order valence-corrected chi connectivity index (χ1v) is 8.30. The molecule has 1 aliphatic carbocycles. The molecule has 1 aromatic carbocycles. The van der Waals surface area contributed by atoms with Crippen LogP contribution in [0.4, 0.5) is 11.4 Å². The Balaban J connectivity index is 2.11. The molecule has 1 aliphatic rings. The number of benzene rings is 1.